The second-order valence-corrected chi connectivity index (χ2v) is 8.75. The van der Waals surface area contributed by atoms with E-state index in [1.54, 1.807) is 29.2 Å². The van der Waals surface area contributed by atoms with Gasteiger partial charge in [0, 0.05) is 36.7 Å². The second kappa shape index (κ2) is 8.28. The van der Waals surface area contributed by atoms with Gasteiger partial charge >= 0.3 is 0 Å². The Hall–Kier alpha value is -2.81. The zero-order valence-corrected chi connectivity index (χ0v) is 17.8. The van der Waals surface area contributed by atoms with Crippen LogP contribution in [0.5, 0.6) is 0 Å². The first-order chi connectivity index (χ1) is 13.7. The van der Waals surface area contributed by atoms with Crippen LogP contribution in [0.3, 0.4) is 0 Å². The summed E-state index contributed by atoms with van der Waals surface area (Å²) in [5, 5.41) is 15.1. The molecule has 2 N–H and O–H groups in total. The van der Waals surface area contributed by atoms with Crippen molar-refractivity contribution in [3.63, 3.8) is 0 Å². The molecule has 0 bridgehead atoms. The fraction of sp³-hybridized carbons (Fsp3) is 0.450. The zero-order valence-electron chi connectivity index (χ0n) is 17.0. The van der Waals surface area contributed by atoms with Crippen LogP contribution in [0.15, 0.2) is 24.3 Å². The number of carbonyl (C=O) groups excluding carboxylic acids is 3. The van der Waals surface area contributed by atoms with Crippen molar-refractivity contribution in [2.45, 2.75) is 46.0 Å². The molecule has 2 aromatic rings. The Kier molecular flexibility index (Phi) is 5.97. The summed E-state index contributed by atoms with van der Waals surface area (Å²) in [5.41, 5.74) is 1.26. The fourth-order valence-corrected chi connectivity index (χ4v) is 3.89. The van der Waals surface area contributed by atoms with E-state index >= 15 is 0 Å². The SMILES string of the molecule is CCC(C)(C)c1nnc(NC(=O)C2CC(=O)N(c3ccc(NC(C)=O)cc3)C2)s1. The van der Waals surface area contributed by atoms with Crippen LogP contribution < -0.4 is 15.5 Å². The molecule has 0 aliphatic carbocycles. The second-order valence-electron chi connectivity index (χ2n) is 7.77. The number of hydrogen-bond donors (Lipinski definition) is 2. The first-order valence-corrected chi connectivity index (χ1v) is 10.3. The van der Waals surface area contributed by atoms with Crippen molar-refractivity contribution in [1.29, 1.82) is 0 Å². The summed E-state index contributed by atoms with van der Waals surface area (Å²) in [7, 11) is 0. The number of anilines is 3. The number of benzene rings is 1. The van der Waals surface area contributed by atoms with Crippen molar-refractivity contribution in [2.24, 2.45) is 5.92 Å². The Balaban J connectivity index is 1.64. The molecule has 2 heterocycles. The highest BCUT2D eigenvalue weighted by Crippen LogP contribution is 2.32. The third-order valence-electron chi connectivity index (χ3n) is 5.11. The largest absolute Gasteiger partial charge is 0.326 e. The number of aromatic nitrogens is 2. The summed E-state index contributed by atoms with van der Waals surface area (Å²) in [4.78, 5) is 37.8. The molecule has 9 heteroatoms. The van der Waals surface area contributed by atoms with E-state index in [-0.39, 0.29) is 29.6 Å². The summed E-state index contributed by atoms with van der Waals surface area (Å²) < 4.78 is 0. The van der Waals surface area contributed by atoms with Crippen molar-refractivity contribution in [2.75, 3.05) is 22.1 Å². The lowest BCUT2D eigenvalue weighted by Crippen LogP contribution is -2.28. The Labute approximate surface area is 173 Å². The molecule has 0 saturated carbocycles. The minimum Gasteiger partial charge on any atom is -0.326 e. The normalized spacial score (nSPS) is 16.8. The summed E-state index contributed by atoms with van der Waals surface area (Å²) in [6.07, 6.45) is 1.06. The van der Waals surface area contributed by atoms with E-state index in [2.05, 4.69) is 41.6 Å². The number of nitrogens with zero attached hydrogens (tertiary/aromatic N) is 3. The van der Waals surface area contributed by atoms with Gasteiger partial charge in [-0.15, -0.1) is 10.2 Å². The average Bonchev–Trinajstić information content (AvgIpc) is 3.29. The molecular formula is C20H25N5O3S. The van der Waals surface area contributed by atoms with Crippen LogP contribution in [0.2, 0.25) is 0 Å². The van der Waals surface area contributed by atoms with Crippen LogP contribution >= 0.6 is 11.3 Å². The van der Waals surface area contributed by atoms with Gasteiger partial charge in [0.1, 0.15) is 5.01 Å². The van der Waals surface area contributed by atoms with Crippen molar-refractivity contribution in [3.8, 4) is 0 Å². The number of hydrogen-bond acceptors (Lipinski definition) is 6. The van der Waals surface area contributed by atoms with Gasteiger partial charge in [-0.3, -0.25) is 14.4 Å². The lowest BCUT2D eigenvalue weighted by molar-refractivity contribution is -0.122. The topological polar surface area (TPSA) is 104 Å². The quantitative estimate of drug-likeness (QED) is 0.754. The Morgan fingerprint density at radius 1 is 1.21 bits per heavy atom. The molecule has 3 amide bonds. The van der Waals surface area contributed by atoms with Gasteiger partial charge in [-0.1, -0.05) is 32.1 Å². The maximum absolute atomic E-state index is 12.6. The maximum Gasteiger partial charge on any atom is 0.231 e. The third kappa shape index (κ3) is 4.79. The van der Waals surface area contributed by atoms with E-state index in [1.165, 1.54) is 18.3 Å². The lowest BCUT2D eigenvalue weighted by atomic mass is 9.91. The van der Waals surface area contributed by atoms with E-state index in [0.29, 0.717) is 23.1 Å². The van der Waals surface area contributed by atoms with E-state index in [0.717, 1.165) is 11.4 Å². The van der Waals surface area contributed by atoms with Gasteiger partial charge in [0.15, 0.2) is 0 Å². The molecule has 1 aliphatic heterocycles. The monoisotopic (exact) mass is 415 g/mol. The van der Waals surface area contributed by atoms with Crippen LogP contribution in [-0.2, 0) is 19.8 Å². The smallest absolute Gasteiger partial charge is 0.231 e. The predicted molar refractivity (Wildman–Crippen MR) is 113 cm³/mol. The minimum absolute atomic E-state index is 0.0931. The molecule has 1 aromatic heterocycles. The fourth-order valence-electron chi connectivity index (χ4n) is 2.97. The van der Waals surface area contributed by atoms with Crippen molar-refractivity contribution in [1.82, 2.24) is 10.2 Å². The van der Waals surface area contributed by atoms with Crippen LogP contribution in [-0.4, -0.2) is 34.5 Å². The highest BCUT2D eigenvalue weighted by molar-refractivity contribution is 7.15. The van der Waals surface area contributed by atoms with Gasteiger partial charge < -0.3 is 15.5 Å². The minimum atomic E-state index is -0.455. The highest BCUT2D eigenvalue weighted by atomic mass is 32.1. The highest BCUT2D eigenvalue weighted by Gasteiger charge is 2.35. The van der Waals surface area contributed by atoms with Crippen molar-refractivity contribution in [3.05, 3.63) is 29.3 Å². The third-order valence-corrected chi connectivity index (χ3v) is 6.32. The molecule has 0 spiro atoms. The van der Waals surface area contributed by atoms with Gasteiger partial charge in [0.05, 0.1) is 5.92 Å². The Bertz CT molecular complexity index is 922. The molecule has 1 unspecified atom stereocenters. The first kappa shape index (κ1) is 20.9. The molecule has 1 aliphatic rings. The zero-order chi connectivity index (χ0) is 21.2. The number of nitrogens with one attached hydrogen (secondary N) is 2. The summed E-state index contributed by atoms with van der Waals surface area (Å²) >= 11 is 1.37. The van der Waals surface area contributed by atoms with Crippen LogP contribution in [0.25, 0.3) is 0 Å². The van der Waals surface area contributed by atoms with Gasteiger partial charge in [0.2, 0.25) is 22.9 Å². The molecule has 1 fully saturated rings. The van der Waals surface area contributed by atoms with Crippen molar-refractivity contribution < 1.29 is 14.4 Å². The van der Waals surface area contributed by atoms with Gasteiger partial charge in [-0.25, -0.2) is 0 Å². The molecule has 1 atom stereocenters. The molecule has 0 radical (unpaired) electrons. The number of amides is 3. The van der Waals surface area contributed by atoms with E-state index in [9.17, 15) is 14.4 Å². The van der Waals surface area contributed by atoms with E-state index < -0.39 is 5.92 Å². The summed E-state index contributed by atoms with van der Waals surface area (Å²) in [6.45, 7) is 8.00. The van der Waals surface area contributed by atoms with Crippen LogP contribution in [0.1, 0.15) is 45.5 Å². The Morgan fingerprint density at radius 2 is 1.90 bits per heavy atom. The van der Waals surface area contributed by atoms with Crippen molar-refractivity contribution >= 4 is 45.6 Å². The van der Waals surface area contributed by atoms with Crippen LogP contribution in [0.4, 0.5) is 16.5 Å². The lowest BCUT2D eigenvalue weighted by Gasteiger charge is -2.17. The number of rotatable bonds is 6. The molecule has 154 valence electrons. The molecular weight excluding hydrogens is 390 g/mol. The molecule has 8 nitrogen and oxygen atoms in total. The molecule has 1 aromatic carbocycles. The van der Waals surface area contributed by atoms with Gasteiger partial charge in [0.25, 0.3) is 0 Å². The number of carbonyl (C=O) groups is 3. The van der Waals surface area contributed by atoms with Gasteiger partial charge in [-0.05, 0) is 30.7 Å². The summed E-state index contributed by atoms with van der Waals surface area (Å²) in [6, 6.07) is 6.98. The standard InChI is InChI=1S/C20H25N5O3S/c1-5-20(3,4)18-23-24-19(29-18)22-17(28)13-10-16(27)25(11-13)15-8-6-14(7-9-15)21-12(2)26/h6-9,13H,5,10-11H2,1-4H3,(H,21,26)(H,22,24,28). The van der Waals surface area contributed by atoms with Gasteiger partial charge in [-0.2, -0.15) is 0 Å². The predicted octanol–water partition coefficient (Wildman–Crippen LogP) is 3.18. The molecule has 3 rings (SSSR count). The van der Waals surface area contributed by atoms with E-state index in [4.69, 9.17) is 0 Å². The molecule has 1 saturated heterocycles. The van der Waals surface area contributed by atoms with E-state index in [1.807, 2.05) is 0 Å². The van der Waals surface area contributed by atoms with Crippen LogP contribution in [0, 0.1) is 5.92 Å². The summed E-state index contributed by atoms with van der Waals surface area (Å²) in [5.74, 6) is -0.951. The average molecular weight is 416 g/mol. The first-order valence-electron chi connectivity index (χ1n) is 9.52. The Morgan fingerprint density at radius 3 is 2.52 bits per heavy atom. The molecule has 29 heavy (non-hydrogen) atoms. The maximum atomic E-state index is 12.6.